The van der Waals surface area contributed by atoms with Crippen molar-refractivity contribution in [2.45, 2.75) is 0 Å². The molecule has 0 saturated carbocycles. The van der Waals surface area contributed by atoms with Gasteiger partial charge in [-0.1, -0.05) is 24.3 Å². The van der Waals surface area contributed by atoms with E-state index in [0.29, 0.717) is 5.56 Å². The van der Waals surface area contributed by atoms with E-state index in [4.69, 9.17) is 0 Å². The number of carbonyl (C=O) groups is 1. The average Bonchev–Trinajstić information content (AvgIpc) is 3.02. The summed E-state index contributed by atoms with van der Waals surface area (Å²) in [6.07, 6.45) is 5.24. The van der Waals surface area contributed by atoms with Gasteiger partial charge in [-0.15, -0.1) is 0 Å². The first-order valence-corrected chi connectivity index (χ1v) is 7.18. The van der Waals surface area contributed by atoms with Crippen molar-refractivity contribution in [3.8, 4) is 5.69 Å². The molecule has 3 rings (SSSR count). The van der Waals surface area contributed by atoms with E-state index in [1.807, 2.05) is 53.2 Å². The molecule has 3 aromatic rings. The standard InChI is InChI=1S/C16H12BrN3O/c17-13-6-2-1-5-12(13)16(21)19-14-7-3-4-8-15(14)20-10-9-18-11-20/h1-11H,(H,19,21). The van der Waals surface area contributed by atoms with Crippen LogP contribution in [-0.4, -0.2) is 15.5 Å². The van der Waals surface area contributed by atoms with Crippen LogP contribution in [-0.2, 0) is 0 Å². The molecule has 0 fully saturated rings. The number of carbonyl (C=O) groups excluding carboxylic acids is 1. The molecule has 0 unspecified atom stereocenters. The summed E-state index contributed by atoms with van der Waals surface area (Å²) in [4.78, 5) is 16.4. The maximum Gasteiger partial charge on any atom is 0.256 e. The van der Waals surface area contributed by atoms with Crippen molar-refractivity contribution in [1.29, 1.82) is 0 Å². The van der Waals surface area contributed by atoms with Crippen LogP contribution in [0.4, 0.5) is 5.69 Å². The van der Waals surface area contributed by atoms with Gasteiger partial charge in [-0.05, 0) is 40.2 Å². The van der Waals surface area contributed by atoms with Gasteiger partial charge in [0.15, 0.2) is 0 Å². The lowest BCUT2D eigenvalue weighted by Gasteiger charge is -2.12. The molecule has 0 atom stereocenters. The highest BCUT2D eigenvalue weighted by Gasteiger charge is 2.12. The number of hydrogen-bond acceptors (Lipinski definition) is 2. The lowest BCUT2D eigenvalue weighted by Crippen LogP contribution is -2.14. The number of amides is 1. The number of aromatic nitrogens is 2. The smallest absolute Gasteiger partial charge is 0.256 e. The Morgan fingerprint density at radius 1 is 1.10 bits per heavy atom. The molecule has 0 aliphatic rings. The van der Waals surface area contributed by atoms with Gasteiger partial charge in [-0.2, -0.15) is 0 Å². The third-order valence-electron chi connectivity index (χ3n) is 3.05. The number of nitrogens with one attached hydrogen (secondary N) is 1. The van der Waals surface area contributed by atoms with Crippen LogP contribution in [0.1, 0.15) is 10.4 Å². The molecule has 5 heteroatoms. The second kappa shape index (κ2) is 5.93. The maximum atomic E-state index is 12.4. The molecule has 21 heavy (non-hydrogen) atoms. The summed E-state index contributed by atoms with van der Waals surface area (Å²) in [5.74, 6) is -0.157. The highest BCUT2D eigenvalue weighted by atomic mass is 79.9. The van der Waals surface area contributed by atoms with Gasteiger partial charge in [0, 0.05) is 16.9 Å². The highest BCUT2D eigenvalue weighted by molar-refractivity contribution is 9.10. The predicted octanol–water partition coefficient (Wildman–Crippen LogP) is 3.89. The number of anilines is 1. The van der Waals surface area contributed by atoms with Gasteiger partial charge in [0.1, 0.15) is 0 Å². The number of nitrogens with zero attached hydrogens (tertiary/aromatic N) is 2. The van der Waals surface area contributed by atoms with Crippen LogP contribution in [0.3, 0.4) is 0 Å². The molecule has 0 saturated heterocycles. The summed E-state index contributed by atoms with van der Waals surface area (Å²) in [7, 11) is 0. The zero-order valence-corrected chi connectivity index (χ0v) is 12.6. The van der Waals surface area contributed by atoms with Gasteiger partial charge >= 0.3 is 0 Å². The molecular formula is C16H12BrN3O. The molecule has 1 N–H and O–H groups in total. The molecular weight excluding hydrogens is 330 g/mol. The number of imidazole rings is 1. The summed E-state index contributed by atoms with van der Waals surface area (Å²) in [5.41, 5.74) is 2.20. The normalized spacial score (nSPS) is 10.3. The van der Waals surface area contributed by atoms with Crippen molar-refractivity contribution in [3.05, 3.63) is 77.3 Å². The zero-order chi connectivity index (χ0) is 14.7. The first kappa shape index (κ1) is 13.6. The summed E-state index contributed by atoms with van der Waals surface area (Å²) >= 11 is 3.39. The van der Waals surface area contributed by atoms with E-state index < -0.39 is 0 Å². The van der Waals surface area contributed by atoms with E-state index in [1.165, 1.54) is 0 Å². The molecule has 0 spiro atoms. The topological polar surface area (TPSA) is 46.9 Å². The van der Waals surface area contributed by atoms with Crippen LogP contribution in [0, 0.1) is 0 Å². The minimum absolute atomic E-state index is 0.157. The Bertz CT molecular complexity index is 769. The third kappa shape index (κ3) is 2.87. The number of benzene rings is 2. The molecule has 4 nitrogen and oxygen atoms in total. The summed E-state index contributed by atoms with van der Waals surface area (Å²) in [6.45, 7) is 0. The lowest BCUT2D eigenvalue weighted by molar-refractivity contribution is 0.102. The van der Waals surface area contributed by atoms with Gasteiger partial charge in [0.2, 0.25) is 0 Å². The van der Waals surface area contributed by atoms with Crippen LogP contribution in [0.2, 0.25) is 0 Å². The first-order valence-electron chi connectivity index (χ1n) is 6.39. The quantitative estimate of drug-likeness (QED) is 0.785. The van der Waals surface area contributed by atoms with Crippen LogP contribution >= 0.6 is 15.9 Å². The largest absolute Gasteiger partial charge is 0.320 e. The second-order valence-electron chi connectivity index (χ2n) is 4.42. The predicted molar refractivity (Wildman–Crippen MR) is 85.7 cm³/mol. The zero-order valence-electron chi connectivity index (χ0n) is 11.0. The number of rotatable bonds is 3. The second-order valence-corrected chi connectivity index (χ2v) is 5.28. The van der Waals surface area contributed by atoms with Crippen molar-refractivity contribution in [2.75, 3.05) is 5.32 Å². The average molecular weight is 342 g/mol. The maximum absolute atomic E-state index is 12.4. The molecule has 0 bridgehead atoms. The van der Waals surface area contributed by atoms with Crippen molar-refractivity contribution in [1.82, 2.24) is 9.55 Å². The fraction of sp³-hybridized carbons (Fsp3) is 0. The van der Waals surface area contributed by atoms with E-state index in [0.717, 1.165) is 15.8 Å². The Hall–Kier alpha value is -2.40. The SMILES string of the molecule is O=C(Nc1ccccc1-n1ccnc1)c1ccccc1Br. The van der Waals surface area contributed by atoms with Gasteiger partial charge in [0.05, 0.1) is 23.3 Å². The Morgan fingerprint density at radius 2 is 1.86 bits per heavy atom. The minimum Gasteiger partial charge on any atom is -0.320 e. The first-order chi connectivity index (χ1) is 10.3. The van der Waals surface area contributed by atoms with E-state index in [-0.39, 0.29) is 5.91 Å². The molecule has 0 aliphatic carbocycles. The van der Waals surface area contributed by atoms with Crippen LogP contribution < -0.4 is 5.32 Å². The molecule has 0 aliphatic heterocycles. The van der Waals surface area contributed by atoms with Crippen molar-refractivity contribution >= 4 is 27.5 Å². The Balaban J connectivity index is 1.93. The highest BCUT2D eigenvalue weighted by Crippen LogP contribution is 2.22. The lowest BCUT2D eigenvalue weighted by atomic mass is 10.2. The third-order valence-corrected chi connectivity index (χ3v) is 3.74. The number of para-hydroxylation sites is 2. The van der Waals surface area contributed by atoms with E-state index >= 15 is 0 Å². The molecule has 104 valence electrons. The molecule has 1 heterocycles. The molecule has 1 aromatic heterocycles. The van der Waals surface area contributed by atoms with Gasteiger partial charge in [0.25, 0.3) is 5.91 Å². The van der Waals surface area contributed by atoms with E-state index in [1.54, 1.807) is 18.6 Å². The molecule has 0 radical (unpaired) electrons. The van der Waals surface area contributed by atoms with E-state index in [9.17, 15) is 4.79 Å². The Kier molecular flexibility index (Phi) is 3.83. The monoisotopic (exact) mass is 341 g/mol. The summed E-state index contributed by atoms with van der Waals surface area (Å²) in [5, 5.41) is 2.94. The van der Waals surface area contributed by atoms with Gasteiger partial charge < -0.3 is 9.88 Å². The Morgan fingerprint density at radius 3 is 2.62 bits per heavy atom. The molecule has 1 amide bonds. The van der Waals surface area contributed by atoms with Crippen LogP contribution in [0.15, 0.2) is 71.7 Å². The van der Waals surface area contributed by atoms with Crippen LogP contribution in [0.25, 0.3) is 5.69 Å². The summed E-state index contributed by atoms with van der Waals surface area (Å²) in [6, 6.07) is 14.9. The van der Waals surface area contributed by atoms with E-state index in [2.05, 4.69) is 26.2 Å². The van der Waals surface area contributed by atoms with Crippen molar-refractivity contribution in [2.24, 2.45) is 0 Å². The van der Waals surface area contributed by atoms with Crippen LogP contribution in [0.5, 0.6) is 0 Å². The fourth-order valence-corrected chi connectivity index (χ4v) is 2.51. The minimum atomic E-state index is -0.157. The van der Waals surface area contributed by atoms with Crippen molar-refractivity contribution < 1.29 is 4.79 Å². The number of halogens is 1. The molecule has 2 aromatic carbocycles. The van der Waals surface area contributed by atoms with Gasteiger partial charge in [-0.3, -0.25) is 4.79 Å². The summed E-state index contributed by atoms with van der Waals surface area (Å²) < 4.78 is 2.62. The Labute approximate surface area is 130 Å². The number of hydrogen-bond donors (Lipinski definition) is 1. The van der Waals surface area contributed by atoms with Crippen molar-refractivity contribution in [3.63, 3.8) is 0 Å². The fourth-order valence-electron chi connectivity index (χ4n) is 2.04. The van der Waals surface area contributed by atoms with Gasteiger partial charge in [-0.25, -0.2) is 4.98 Å².